The highest BCUT2D eigenvalue weighted by molar-refractivity contribution is 5.70. The van der Waals surface area contributed by atoms with Crippen molar-refractivity contribution in [2.75, 3.05) is 13.2 Å². The van der Waals surface area contributed by atoms with Gasteiger partial charge in [-0.3, -0.25) is 9.59 Å². The molecule has 0 unspecified atom stereocenters. The first-order chi connectivity index (χ1) is 23.6. The summed E-state index contributed by atoms with van der Waals surface area (Å²) < 4.78 is 10.6. The molecule has 0 fully saturated rings. The van der Waals surface area contributed by atoms with E-state index in [-0.39, 0.29) is 25.2 Å². The SMILES string of the molecule is CC/C=C\C/C=C\C/C=C\C/C=C\CCCCC(=O)O[C@@H](CO)COC(=O)CCCCCCCCCCC/C=C\C/C=C\CCCCC. The monoisotopic (exact) mass is 669 g/mol. The summed E-state index contributed by atoms with van der Waals surface area (Å²) in [5.41, 5.74) is 0. The lowest BCUT2D eigenvalue weighted by Gasteiger charge is -2.15. The fourth-order valence-electron chi connectivity index (χ4n) is 5.04. The van der Waals surface area contributed by atoms with Crippen molar-refractivity contribution in [3.63, 3.8) is 0 Å². The van der Waals surface area contributed by atoms with Crippen molar-refractivity contribution in [3.8, 4) is 0 Å². The summed E-state index contributed by atoms with van der Waals surface area (Å²) in [7, 11) is 0. The summed E-state index contributed by atoms with van der Waals surface area (Å²) in [6.45, 7) is 3.95. The number of esters is 2. The number of rotatable bonds is 34. The van der Waals surface area contributed by atoms with Gasteiger partial charge in [0.1, 0.15) is 6.61 Å². The molecule has 1 atom stereocenters. The van der Waals surface area contributed by atoms with Crippen molar-refractivity contribution in [1.82, 2.24) is 0 Å². The van der Waals surface area contributed by atoms with Crippen molar-refractivity contribution < 1.29 is 24.2 Å². The zero-order valence-electron chi connectivity index (χ0n) is 31.0. The number of unbranched alkanes of at least 4 members (excludes halogenated alkanes) is 14. The molecule has 0 aliphatic heterocycles. The van der Waals surface area contributed by atoms with Crippen LogP contribution in [-0.4, -0.2) is 36.4 Å². The van der Waals surface area contributed by atoms with Crippen LogP contribution < -0.4 is 0 Å². The number of carbonyl (C=O) groups is 2. The molecule has 5 heteroatoms. The molecule has 0 rings (SSSR count). The lowest BCUT2D eigenvalue weighted by Crippen LogP contribution is -2.28. The maximum atomic E-state index is 12.1. The van der Waals surface area contributed by atoms with Gasteiger partial charge in [-0.2, -0.15) is 0 Å². The van der Waals surface area contributed by atoms with E-state index >= 15 is 0 Å². The zero-order valence-corrected chi connectivity index (χ0v) is 31.0. The fraction of sp³-hybridized carbons (Fsp3) is 0.674. The Morgan fingerprint density at radius 3 is 1.40 bits per heavy atom. The number of hydrogen-bond donors (Lipinski definition) is 1. The largest absolute Gasteiger partial charge is 0.462 e. The van der Waals surface area contributed by atoms with E-state index in [0.29, 0.717) is 12.8 Å². The van der Waals surface area contributed by atoms with Gasteiger partial charge >= 0.3 is 11.9 Å². The molecule has 274 valence electrons. The summed E-state index contributed by atoms with van der Waals surface area (Å²) in [5, 5.41) is 9.54. The molecule has 1 N–H and O–H groups in total. The van der Waals surface area contributed by atoms with E-state index in [2.05, 4.69) is 86.8 Å². The van der Waals surface area contributed by atoms with Gasteiger partial charge in [0.05, 0.1) is 6.61 Å². The second kappa shape index (κ2) is 38.8. The third kappa shape index (κ3) is 36.2. The Morgan fingerprint density at radius 2 is 0.896 bits per heavy atom. The van der Waals surface area contributed by atoms with Gasteiger partial charge in [-0.05, 0) is 83.5 Å². The average Bonchev–Trinajstić information content (AvgIpc) is 3.09. The Bertz CT molecular complexity index is 895. The van der Waals surface area contributed by atoms with Gasteiger partial charge < -0.3 is 14.6 Å². The van der Waals surface area contributed by atoms with Gasteiger partial charge in [0.2, 0.25) is 0 Å². The maximum Gasteiger partial charge on any atom is 0.306 e. The predicted octanol–water partition coefficient (Wildman–Crippen LogP) is 12.2. The summed E-state index contributed by atoms with van der Waals surface area (Å²) in [6, 6.07) is 0. The van der Waals surface area contributed by atoms with Crippen molar-refractivity contribution in [2.45, 2.75) is 174 Å². The topological polar surface area (TPSA) is 72.8 Å². The molecule has 5 nitrogen and oxygen atoms in total. The molecule has 0 saturated heterocycles. The van der Waals surface area contributed by atoms with E-state index in [1.165, 1.54) is 70.6 Å². The van der Waals surface area contributed by atoms with Crippen molar-refractivity contribution >= 4 is 11.9 Å². The number of carbonyl (C=O) groups excluding carboxylic acids is 2. The molecule has 0 aromatic heterocycles. The van der Waals surface area contributed by atoms with Crippen LogP contribution >= 0.6 is 0 Å². The van der Waals surface area contributed by atoms with Crippen molar-refractivity contribution in [1.29, 1.82) is 0 Å². The summed E-state index contributed by atoms with van der Waals surface area (Å²) >= 11 is 0. The van der Waals surface area contributed by atoms with Gasteiger partial charge in [-0.1, -0.05) is 145 Å². The number of ether oxygens (including phenoxy) is 2. The Hall–Kier alpha value is -2.66. The quantitative estimate of drug-likeness (QED) is 0.0420. The Morgan fingerprint density at radius 1 is 0.500 bits per heavy atom. The minimum Gasteiger partial charge on any atom is -0.462 e. The van der Waals surface area contributed by atoms with Crippen LogP contribution in [0.4, 0.5) is 0 Å². The number of aliphatic hydroxyl groups excluding tert-OH is 1. The van der Waals surface area contributed by atoms with Crippen LogP contribution in [0.2, 0.25) is 0 Å². The van der Waals surface area contributed by atoms with Crippen LogP contribution in [0.5, 0.6) is 0 Å². The molecule has 0 saturated carbocycles. The number of aliphatic hydroxyl groups is 1. The minimum absolute atomic E-state index is 0.0883. The van der Waals surface area contributed by atoms with Crippen molar-refractivity contribution in [2.24, 2.45) is 0 Å². The highest BCUT2D eigenvalue weighted by atomic mass is 16.6. The van der Waals surface area contributed by atoms with Crippen LogP contribution in [0.25, 0.3) is 0 Å². The van der Waals surface area contributed by atoms with E-state index in [1.54, 1.807) is 0 Å². The first kappa shape index (κ1) is 45.3. The van der Waals surface area contributed by atoms with Crippen LogP contribution in [0, 0.1) is 0 Å². The highest BCUT2D eigenvalue weighted by Gasteiger charge is 2.16. The van der Waals surface area contributed by atoms with Gasteiger partial charge in [-0.15, -0.1) is 0 Å². The van der Waals surface area contributed by atoms with Crippen LogP contribution in [-0.2, 0) is 19.1 Å². The molecule has 0 aromatic rings. The van der Waals surface area contributed by atoms with E-state index < -0.39 is 6.10 Å². The predicted molar refractivity (Wildman–Crippen MR) is 205 cm³/mol. The number of hydrogen-bond acceptors (Lipinski definition) is 5. The maximum absolute atomic E-state index is 12.1. The normalized spacial score (nSPS) is 13.0. The van der Waals surface area contributed by atoms with E-state index in [9.17, 15) is 14.7 Å². The number of allylic oxidation sites excluding steroid dienone is 12. The van der Waals surface area contributed by atoms with Crippen molar-refractivity contribution in [3.05, 3.63) is 72.9 Å². The fourth-order valence-corrected chi connectivity index (χ4v) is 5.04. The Labute approximate surface area is 295 Å². The second-order valence-corrected chi connectivity index (χ2v) is 12.6. The molecule has 0 heterocycles. The summed E-state index contributed by atoms with van der Waals surface area (Å²) in [4.78, 5) is 24.2. The third-order valence-corrected chi connectivity index (χ3v) is 7.98. The molecule has 0 radical (unpaired) electrons. The standard InChI is InChI=1S/C43H72O5/c1-3-5-7-9-11-13-15-17-19-20-21-22-24-25-27-29-31-33-35-37-42(45)47-40-41(39-44)48-43(46)38-36-34-32-30-28-26-23-18-16-14-12-10-8-6-4-2/h6,8,11-14,17-19,23,28,30,41,44H,3-5,7,9-10,15-16,20-22,24-27,29,31-40H2,1-2H3/b8-6-,13-11-,14-12-,19-17-,23-18-,30-28-/t41-/m0/s1. The van der Waals surface area contributed by atoms with Gasteiger partial charge in [-0.25, -0.2) is 0 Å². The molecule has 0 spiro atoms. The summed E-state index contributed by atoms with van der Waals surface area (Å²) in [6.07, 6.45) is 51.0. The molecular weight excluding hydrogens is 596 g/mol. The first-order valence-electron chi connectivity index (χ1n) is 19.5. The Kier molecular flexibility index (Phi) is 36.6. The molecule has 0 aliphatic carbocycles. The smallest absolute Gasteiger partial charge is 0.306 e. The molecule has 48 heavy (non-hydrogen) atoms. The first-order valence-corrected chi connectivity index (χ1v) is 19.5. The van der Waals surface area contributed by atoms with E-state index in [4.69, 9.17) is 9.47 Å². The molecule has 0 bridgehead atoms. The van der Waals surface area contributed by atoms with E-state index in [0.717, 1.165) is 70.6 Å². The van der Waals surface area contributed by atoms with Gasteiger partial charge in [0.15, 0.2) is 6.10 Å². The lowest BCUT2D eigenvalue weighted by atomic mass is 10.1. The molecule has 0 amide bonds. The van der Waals surface area contributed by atoms with Gasteiger partial charge in [0.25, 0.3) is 0 Å². The average molecular weight is 669 g/mol. The van der Waals surface area contributed by atoms with Crippen LogP contribution in [0.15, 0.2) is 72.9 Å². The van der Waals surface area contributed by atoms with E-state index in [1.807, 2.05) is 0 Å². The minimum atomic E-state index is -0.797. The van der Waals surface area contributed by atoms with Crippen LogP contribution in [0.1, 0.15) is 168 Å². The lowest BCUT2D eigenvalue weighted by molar-refractivity contribution is -0.161. The molecule has 0 aromatic carbocycles. The summed E-state index contributed by atoms with van der Waals surface area (Å²) in [5.74, 6) is -0.650. The second-order valence-electron chi connectivity index (χ2n) is 12.6. The molecular formula is C43H72O5. The molecule has 0 aliphatic rings. The Balaban J connectivity index is 3.64. The highest BCUT2D eigenvalue weighted by Crippen LogP contribution is 2.12. The zero-order chi connectivity index (χ0) is 35.0. The van der Waals surface area contributed by atoms with Crippen LogP contribution in [0.3, 0.4) is 0 Å². The van der Waals surface area contributed by atoms with Gasteiger partial charge in [0, 0.05) is 12.8 Å². The third-order valence-electron chi connectivity index (χ3n) is 7.98.